The van der Waals surface area contributed by atoms with Crippen LogP contribution in [0.5, 0.6) is 0 Å². The Bertz CT molecular complexity index is 392. The molecule has 1 heterocycles. The second kappa shape index (κ2) is 4.49. The molecule has 1 aliphatic heterocycles. The third-order valence-electron chi connectivity index (χ3n) is 3.26. The molecular weight excluding hydrogens is 214 g/mol. The number of hydrogen-bond acceptors (Lipinski definition) is 2. The number of benzene rings is 1. The van der Waals surface area contributed by atoms with Crippen molar-refractivity contribution in [1.29, 1.82) is 0 Å². The lowest BCUT2D eigenvalue weighted by atomic mass is 9.82. The van der Waals surface area contributed by atoms with Gasteiger partial charge in [0.1, 0.15) is 6.04 Å². The molecule has 1 aromatic rings. The van der Waals surface area contributed by atoms with E-state index < -0.39 is 5.97 Å². The van der Waals surface area contributed by atoms with E-state index in [9.17, 15) is 9.90 Å². The lowest BCUT2D eigenvalue weighted by Crippen LogP contribution is -2.59. The smallest absolute Gasteiger partial charge is 0.321 e. The highest BCUT2D eigenvalue weighted by Gasteiger charge is 2.40. The molecule has 0 saturated carbocycles. The molecule has 1 saturated heterocycles. The first kappa shape index (κ1) is 12.1. The number of likely N-dealkylation sites (tertiary alicyclic amines) is 1. The molecule has 1 aliphatic rings. The zero-order chi connectivity index (χ0) is 12.5. The maximum atomic E-state index is 11.3. The topological polar surface area (TPSA) is 40.5 Å². The molecule has 0 aliphatic carbocycles. The fraction of sp³-hybridized carbons (Fsp3) is 0.500. The molecule has 0 aromatic heterocycles. The lowest BCUT2D eigenvalue weighted by molar-refractivity contribution is -0.148. The van der Waals surface area contributed by atoms with Gasteiger partial charge in [-0.1, -0.05) is 44.2 Å². The molecule has 0 spiro atoms. The van der Waals surface area contributed by atoms with Gasteiger partial charge in [-0.25, -0.2) is 0 Å². The Morgan fingerprint density at radius 3 is 2.41 bits per heavy atom. The maximum Gasteiger partial charge on any atom is 0.321 e. The third-order valence-corrected chi connectivity index (χ3v) is 3.26. The van der Waals surface area contributed by atoms with Crippen molar-refractivity contribution >= 4 is 5.97 Å². The standard InChI is InChI=1S/C14H19NO2/c1-14(2)9-15(10-14)12(13(16)17)8-11-6-4-3-5-7-11/h3-7,12H,8-10H2,1-2H3,(H,16,17). The second-order valence-corrected chi connectivity index (χ2v) is 5.61. The summed E-state index contributed by atoms with van der Waals surface area (Å²) < 4.78 is 0. The van der Waals surface area contributed by atoms with Gasteiger partial charge in [-0.05, 0) is 17.4 Å². The van der Waals surface area contributed by atoms with Crippen LogP contribution < -0.4 is 0 Å². The summed E-state index contributed by atoms with van der Waals surface area (Å²) in [6.45, 7) is 6.09. The Morgan fingerprint density at radius 1 is 1.35 bits per heavy atom. The highest BCUT2D eigenvalue weighted by Crippen LogP contribution is 2.31. The SMILES string of the molecule is CC1(C)CN(C(Cc2ccccc2)C(=O)O)C1. The molecule has 17 heavy (non-hydrogen) atoms. The summed E-state index contributed by atoms with van der Waals surface area (Å²) in [6.07, 6.45) is 0.590. The molecule has 1 fully saturated rings. The highest BCUT2D eigenvalue weighted by atomic mass is 16.4. The van der Waals surface area contributed by atoms with Crippen LogP contribution in [0.2, 0.25) is 0 Å². The van der Waals surface area contributed by atoms with Crippen molar-refractivity contribution in [3.63, 3.8) is 0 Å². The van der Waals surface area contributed by atoms with Crippen LogP contribution in [-0.4, -0.2) is 35.1 Å². The minimum atomic E-state index is -0.718. The first-order chi connectivity index (χ1) is 7.98. The van der Waals surface area contributed by atoms with E-state index >= 15 is 0 Å². The Hall–Kier alpha value is -1.35. The van der Waals surface area contributed by atoms with Crippen LogP contribution in [0.1, 0.15) is 19.4 Å². The number of carboxylic acids is 1. The number of carboxylic acid groups (broad SMARTS) is 1. The molecular formula is C14H19NO2. The predicted octanol–water partition coefficient (Wildman–Crippen LogP) is 2.02. The fourth-order valence-corrected chi connectivity index (χ4v) is 2.48. The van der Waals surface area contributed by atoms with Crippen molar-refractivity contribution < 1.29 is 9.90 Å². The van der Waals surface area contributed by atoms with Gasteiger partial charge in [-0.2, -0.15) is 0 Å². The molecule has 1 N–H and O–H groups in total. The summed E-state index contributed by atoms with van der Waals surface area (Å²) in [6, 6.07) is 9.45. The Kier molecular flexibility index (Phi) is 3.20. The molecule has 92 valence electrons. The van der Waals surface area contributed by atoms with Crippen molar-refractivity contribution in [2.45, 2.75) is 26.3 Å². The number of rotatable bonds is 4. The molecule has 1 unspecified atom stereocenters. The minimum absolute atomic E-state index is 0.268. The summed E-state index contributed by atoms with van der Waals surface area (Å²) in [4.78, 5) is 13.4. The molecule has 0 amide bonds. The summed E-state index contributed by atoms with van der Waals surface area (Å²) in [5.41, 5.74) is 1.36. The zero-order valence-corrected chi connectivity index (χ0v) is 10.4. The molecule has 0 bridgehead atoms. The van der Waals surface area contributed by atoms with Gasteiger partial charge in [0.05, 0.1) is 0 Å². The number of hydrogen-bond donors (Lipinski definition) is 1. The van der Waals surface area contributed by atoms with Gasteiger partial charge in [0.15, 0.2) is 0 Å². The summed E-state index contributed by atoms with van der Waals surface area (Å²) in [5, 5.41) is 9.30. The van der Waals surface area contributed by atoms with Crippen LogP contribution in [0.15, 0.2) is 30.3 Å². The van der Waals surface area contributed by atoms with Crippen molar-refractivity contribution in [3.8, 4) is 0 Å². The highest BCUT2D eigenvalue weighted by molar-refractivity contribution is 5.74. The number of aliphatic carboxylic acids is 1. The van der Waals surface area contributed by atoms with Gasteiger partial charge in [0.25, 0.3) is 0 Å². The Balaban J connectivity index is 2.02. The molecule has 3 heteroatoms. The van der Waals surface area contributed by atoms with Crippen molar-refractivity contribution in [3.05, 3.63) is 35.9 Å². The van der Waals surface area contributed by atoms with Crippen LogP contribution >= 0.6 is 0 Å². The number of nitrogens with zero attached hydrogens (tertiary/aromatic N) is 1. The molecule has 2 rings (SSSR count). The van der Waals surface area contributed by atoms with E-state index in [1.165, 1.54) is 0 Å². The molecule has 1 aromatic carbocycles. The normalized spacial score (nSPS) is 20.6. The first-order valence-electron chi connectivity index (χ1n) is 5.99. The molecule has 0 radical (unpaired) electrons. The van der Waals surface area contributed by atoms with Crippen LogP contribution in [-0.2, 0) is 11.2 Å². The van der Waals surface area contributed by atoms with Gasteiger partial charge in [-0.3, -0.25) is 9.69 Å². The van der Waals surface area contributed by atoms with Gasteiger partial charge >= 0.3 is 5.97 Å². The minimum Gasteiger partial charge on any atom is -0.480 e. The monoisotopic (exact) mass is 233 g/mol. The van der Waals surface area contributed by atoms with E-state index in [0.29, 0.717) is 6.42 Å². The quantitative estimate of drug-likeness (QED) is 0.865. The summed E-state index contributed by atoms with van der Waals surface area (Å²) in [5.74, 6) is -0.718. The van der Waals surface area contributed by atoms with Gasteiger partial charge in [-0.15, -0.1) is 0 Å². The first-order valence-corrected chi connectivity index (χ1v) is 5.99. The Morgan fingerprint density at radius 2 is 1.94 bits per heavy atom. The average Bonchev–Trinajstić information content (AvgIpc) is 2.23. The van der Waals surface area contributed by atoms with Gasteiger partial charge in [0.2, 0.25) is 0 Å². The summed E-state index contributed by atoms with van der Waals surface area (Å²) >= 11 is 0. The largest absolute Gasteiger partial charge is 0.480 e. The van der Waals surface area contributed by atoms with Gasteiger partial charge < -0.3 is 5.11 Å². The number of carbonyl (C=O) groups is 1. The van der Waals surface area contributed by atoms with E-state index in [4.69, 9.17) is 0 Å². The average molecular weight is 233 g/mol. The summed E-state index contributed by atoms with van der Waals surface area (Å²) in [7, 11) is 0. The van der Waals surface area contributed by atoms with Gasteiger partial charge in [0, 0.05) is 13.1 Å². The predicted molar refractivity (Wildman–Crippen MR) is 66.9 cm³/mol. The van der Waals surface area contributed by atoms with Crippen LogP contribution in [0.4, 0.5) is 0 Å². The van der Waals surface area contributed by atoms with E-state index in [-0.39, 0.29) is 11.5 Å². The van der Waals surface area contributed by atoms with Crippen molar-refractivity contribution in [1.82, 2.24) is 4.90 Å². The third kappa shape index (κ3) is 2.86. The second-order valence-electron chi connectivity index (χ2n) is 5.61. The Labute approximate surface area is 102 Å². The van der Waals surface area contributed by atoms with Crippen LogP contribution in [0.25, 0.3) is 0 Å². The van der Waals surface area contributed by atoms with E-state index in [1.54, 1.807) is 0 Å². The lowest BCUT2D eigenvalue weighted by Gasteiger charge is -2.48. The van der Waals surface area contributed by atoms with E-state index in [1.807, 2.05) is 30.3 Å². The fourth-order valence-electron chi connectivity index (χ4n) is 2.48. The maximum absolute atomic E-state index is 11.3. The van der Waals surface area contributed by atoms with E-state index in [0.717, 1.165) is 18.7 Å². The van der Waals surface area contributed by atoms with Crippen LogP contribution in [0.3, 0.4) is 0 Å². The zero-order valence-electron chi connectivity index (χ0n) is 10.4. The van der Waals surface area contributed by atoms with Crippen molar-refractivity contribution in [2.75, 3.05) is 13.1 Å². The van der Waals surface area contributed by atoms with Crippen LogP contribution in [0, 0.1) is 5.41 Å². The molecule has 1 atom stereocenters. The van der Waals surface area contributed by atoms with E-state index in [2.05, 4.69) is 18.7 Å². The molecule has 3 nitrogen and oxygen atoms in total. The van der Waals surface area contributed by atoms with Crippen molar-refractivity contribution in [2.24, 2.45) is 5.41 Å².